The van der Waals surface area contributed by atoms with Gasteiger partial charge in [0.15, 0.2) is 0 Å². The van der Waals surface area contributed by atoms with Gasteiger partial charge in [-0.3, -0.25) is 9.36 Å². The molecule has 0 aliphatic rings. The molecule has 1 aromatic heterocycles. The maximum Gasteiger partial charge on any atom is 0.269 e. The molecule has 1 heterocycles. The van der Waals surface area contributed by atoms with Crippen molar-refractivity contribution in [2.24, 2.45) is 0 Å². The summed E-state index contributed by atoms with van der Waals surface area (Å²) in [6, 6.07) is 10.7. The van der Waals surface area contributed by atoms with Crippen molar-refractivity contribution >= 4 is 26.8 Å². The van der Waals surface area contributed by atoms with Crippen molar-refractivity contribution in [1.29, 1.82) is 0 Å². The number of fused-ring (bicyclic) bond motifs is 1. The number of rotatable bonds is 2. The highest BCUT2D eigenvalue weighted by atomic mass is 79.9. The monoisotopic (exact) mass is 364 g/mol. The summed E-state index contributed by atoms with van der Waals surface area (Å²) < 4.78 is 29.3. The van der Waals surface area contributed by atoms with Crippen LogP contribution in [0.3, 0.4) is 0 Å². The van der Waals surface area contributed by atoms with Crippen LogP contribution in [0, 0.1) is 11.6 Å². The van der Waals surface area contributed by atoms with Crippen molar-refractivity contribution in [3.05, 3.63) is 70.3 Å². The Kier molecular flexibility index (Phi) is 3.78. The highest BCUT2D eigenvalue weighted by Crippen LogP contribution is 2.25. The summed E-state index contributed by atoms with van der Waals surface area (Å²) in [4.78, 5) is 16.6. The molecule has 2 aromatic carbocycles. The second-order valence-electron chi connectivity index (χ2n) is 4.81. The highest BCUT2D eigenvalue weighted by molar-refractivity contribution is 9.09. The van der Waals surface area contributed by atoms with Crippen molar-refractivity contribution in [1.82, 2.24) is 9.55 Å². The molecule has 6 heteroatoms. The van der Waals surface area contributed by atoms with Gasteiger partial charge < -0.3 is 0 Å². The zero-order valence-electron chi connectivity index (χ0n) is 11.6. The molecule has 0 aliphatic carbocycles. The predicted molar refractivity (Wildman–Crippen MR) is 84.6 cm³/mol. The van der Waals surface area contributed by atoms with E-state index >= 15 is 0 Å². The molecule has 0 aliphatic heterocycles. The highest BCUT2D eigenvalue weighted by Gasteiger charge is 2.20. The molecule has 0 radical (unpaired) electrons. The van der Waals surface area contributed by atoms with Crippen LogP contribution < -0.4 is 5.56 Å². The van der Waals surface area contributed by atoms with Crippen LogP contribution in [0.1, 0.15) is 17.6 Å². The van der Waals surface area contributed by atoms with Crippen LogP contribution in [0.25, 0.3) is 16.6 Å². The maximum absolute atomic E-state index is 14.0. The molecule has 3 aromatic rings. The summed E-state index contributed by atoms with van der Waals surface area (Å²) >= 11 is 3.36. The van der Waals surface area contributed by atoms with Crippen molar-refractivity contribution < 1.29 is 8.78 Å². The number of halogens is 3. The number of hydrogen-bond donors (Lipinski definition) is 0. The van der Waals surface area contributed by atoms with E-state index in [-0.39, 0.29) is 15.7 Å². The van der Waals surface area contributed by atoms with E-state index in [0.29, 0.717) is 11.5 Å². The molecule has 0 spiro atoms. The van der Waals surface area contributed by atoms with Crippen LogP contribution in [-0.4, -0.2) is 9.55 Å². The SMILES string of the molecule is CC(Br)c1nc2c(F)ccc(F)c2c(=O)n1-c1ccccc1. The average molecular weight is 365 g/mol. The van der Waals surface area contributed by atoms with E-state index in [0.717, 1.165) is 12.1 Å². The van der Waals surface area contributed by atoms with E-state index in [4.69, 9.17) is 0 Å². The number of nitrogens with zero attached hydrogens (tertiary/aromatic N) is 2. The van der Waals surface area contributed by atoms with Gasteiger partial charge in [0.25, 0.3) is 5.56 Å². The lowest BCUT2D eigenvalue weighted by molar-refractivity contribution is 0.611. The zero-order chi connectivity index (χ0) is 15.9. The number of hydrogen-bond acceptors (Lipinski definition) is 2. The van der Waals surface area contributed by atoms with Crippen molar-refractivity contribution in [2.75, 3.05) is 0 Å². The normalized spacial score (nSPS) is 12.5. The largest absolute Gasteiger partial charge is 0.269 e. The van der Waals surface area contributed by atoms with E-state index < -0.39 is 17.2 Å². The lowest BCUT2D eigenvalue weighted by Gasteiger charge is -2.15. The Morgan fingerprint density at radius 2 is 1.73 bits per heavy atom. The maximum atomic E-state index is 14.0. The Balaban J connectivity index is 2.51. The van der Waals surface area contributed by atoms with E-state index in [1.165, 1.54) is 4.57 Å². The Labute approximate surface area is 133 Å². The van der Waals surface area contributed by atoms with Crippen molar-refractivity contribution in [2.45, 2.75) is 11.8 Å². The quantitative estimate of drug-likeness (QED) is 0.641. The summed E-state index contributed by atoms with van der Waals surface area (Å²) in [5.41, 5.74) is -0.333. The fourth-order valence-electron chi connectivity index (χ4n) is 2.33. The predicted octanol–water partition coefficient (Wildman–Crippen LogP) is 4.12. The fourth-order valence-corrected chi connectivity index (χ4v) is 2.63. The third-order valence-corrected chi connectivity index (χ3v) is 3.73. The van der Waals surface area contributed by atoms with E-state index in [1.807, 2.05) is 0 Å². The molecule has 1 unspecified atom stereocenters. The molecule has 3 nitrogen and oxygen atoms in total. The van der Waals surface area contributed by atoms with Crippen LogP contribution in [0.2, 0.25) is 0 Å². The van der Waals surface area contributed by atoms with Gasteiger partial charge in [0.05, 0.1) is 10.5 Å². The van der Waals surface area contributed by atoms with Gasteiger partial charge in [0, 0.05) is 0 Å². The molecule has 0 fully saturated rings. The van der Waals surface area contributed by atoms with Gasteiger partial charge in [-0.2, -0.15) is 0 Å². The third kappa shape index (κ3) is 2.33. The Hall–Kier alpha value is -2.08. The number of aromatic nitrogens is 2. The molecule has 0 bridgehead atoms. The van der Waals surface area contributed by atoms with Gasteiger partial charge in [-0.15, -0.1) is 0 Å². The van der Waals surface area contributed by atoms with Crippen LogP contribution >= 0.6 is 15.9 Å². The molecule has 3 rings (SSSR count). The summed E-state index contributed by atoms with van der Waals surface area (Å²) in [6.45, 7) is 1.77. The smallest absolute Gasteiger partial charge is 0.268 e. The van der Waals surface area contributed by atoms with Gasteiger partial charge >= 0.3 is 0 Å². The van der Waals surface area contributed by atoms with Crippen LogP contribution in [-0.2, 0) is 0 Å². The van der Waals surface area contributed by atoms with E-state index in [1.54, 1.807) is 37.3 Å². The molecular weight excluding hydrogens is 354 g/mol. The Bertz CT molecular complexity index is 907. The van der Waals surface area contributed by atoms with Gasteiger partial charge in [-0.25, -0.2) is 13.8 Å². The molecule has 1 atom stereocenters. The summed E-state index contributed by atoms with van der Waals surface area (Å²) in [5, 5.41) is -0.347. The second kappa shape index (κ2) is 5.61. The topological polar surface area (TPSA) is 34.9 Å². The van der Waals surface area contributed by atoms with Crippen molar-refractivity contribution in [3.63, 3.8) is 0 Å². The zero-order valence-corrected chi connectivity index (χ0v) is 13.1. The van der Waals surface area contributed by atoms with E-state index in [9.17, 15) is 13.6 Å². The first-order chi connectivity index (χ1) is 10.5. The molecular formula is C16H11BrF2N2O. The number of alkyl halides is 1. The third-order valence-electron chi connectivity index (χ3n) is 3.32. The first kappa shape index (κ1) is 14.8. The first-order valence-corrected chi connectivity index (χ1v) is 7.52. The lowest BCUT2D eigenvalue weighted by atomic mass is 10.2. The second-order valence-corrected chi connectivity index (χ2v) is 6.19. The minimum Gasteiger partial charge on any atom is -0.268 e. The summed E-state index contributed by atoms with van der Waals surface area (Å²) in [7, 11) is 0. The minimum atomic E-state index is -0.785. The number of benzene rings is 2. The number of para-hydroxylation sites is 1. The molecule has 22 heavy (non-hydrogen) atoms. The Morgan fingerprint density at radius 3 is 2.36 bits per heavy atom. The average Bonchev–Trinajstić information content (AvgIpc) is 2.51. The summed E-state index contributed by atoms with van der Waals surface area (Å²) in [5.74, 6) is -1.19. The molecule has 0 saturated heterocycles. The van der Waals surface area contributed by atoms with Gasteiger partial charge in [0.1, 0.15) is 28.4 Å². The molecule has 0 saturated carbocycles. The molecule has 112 valence electrons. The van der Waals surface area contributed by atoms with E-state index in [2.05, 4.69) is 20.9 Å². The van der Waals surface area contributed by atoms with Crippen LogP contribution in [0.5, 0.6) is 0 Å². The standard InChI is InChI=1S/C16H11BrF2N2O/c1-9(17)15-20-14-12(19)8-7-11(18)13(14)16(22)21(15)10-5-3-2-4-6-10/h2-9H,1H3. The van der Waals surface area contributed by atoms with Gasteiger partial charge in [0.2, 0.25) is 0 Å². The fraction of sp³-hybridized carbons (Fsp3) is 0.125. The van der Waals surface area contributed by atoms with Crippen molar-refractivity contribution in [3.8, 4) is 5.69 Å². The summed E-state index contributed by atoms with van der Waals surface area (Å²) in [6.07, 6.45) is 0. The van der Waals surface area contributed by atoms with Crippen LogP contribution in [0.4, 0.5) is 8.78 Å². The van der Waals surface area contributed by atoms with Gasteiger partial charge in [-0.05, 0) is 31.2 Å². The Morgan fingerprint density at radius 1 is 1.09 bits per heavy atom. The first-order valence-electron chi connectivity index (χ1n) is 6.61. The lowest BCUT2D eigenvalue weighted by Crippen LogP contribution is -2.25. The molecule has 0 N–H and O–H groups in total. The minimum absolute atomic E-state index is 0.251. The van der Waals surface area contributed by atoms with Crippen LogP contribution in [0.15, 0.2) is 47.3 Å². The van der Waals surface area contributed by atoms with Gasteiger partial charge in [-0.1, -0.05) is 34.1 Å². The molecule has 0 amide bonds.